The maximum Gasteiger partial charge on any atom is 0.306 e. The van der Waals surface area contributed by atoms with Crippen molar-refractivity contribution in [2.75, 3.05) is 13.2 Å². The Morgan fingerprint density at radius 3 is 0.859 bits per heavy atom. The topological polar surface area (TPSA) is 78.9 Å². The molecule has 0 aromatic carbocycles. The molecule has 71 heavy (non-hydrogen) atoms. The van der Waals surface area contributed by atoms with Gasteiger partial charge in [0.15, 0.2) is 6.10 Å². The van der Waals surface area contributed by atoms with Crippen molar-refractivity contribution >= 4 is 17.9 Å². The Morgan fingerprint density at radius 1 is 0.282 bits per heavy atom. The molecule has 1 atom stereocenters. The molecule has 0 aromatic rings. The first kappa shape index (κ1) is 68.4. The Kier molecular flexibility index (Phi) is 57.7. The van der Waals surface area contributed by atoms with Gasteiger partial charge in [0.25, 0.3) is 0 Å². The van der Waals surface area contributed by atoms with E-state index in [1.165, 1.54) is 193 Å². The first-order chi connectivity index (χ1) is 35.0. The van der Waals surface area contributed by atoms with E-state index in [0.717, 1.165) is 96.3 Å². The highest BCUT2D eigenvalue weighted by Gasteiger charge is 2.19. The van der Waals surface area contributed by atoms with Crippen LogP contribution in [-0.2, 0) is 28.6 Å². The molecule has 1 unspecified atom stereocenters. The SMILES string of the molecule is CCC/C=C\C/C=C\CCCCCCCC(=O)OC(COC(=O)CCCCCCC/C=C\CCCCCC)COC(=O)CCCCCCCCCCCCCCCCC/C=C\CCCCCCCCCC. The largest absolute Gasteiger partial charge is 0.462 e. The zero-order valence-electron chi connectivity index (χ0n) is 47.5. The van der Waals surface area contributed by atoms with Gasteiger partial charge in [0, 0.05) is 19.3 Å². The number of rotatable bonds is 57. The van der Waals surface area contributed by atoms with Crippen LogP contribution in [0.3, 0.4) is 0 Å². The van der Waals surface area contributed by atoms with Crippen molar-refractivity contribution in [3.8, 4) is 0 Å². The second kappa shape index (κ2) is 59.9. The zero-order valence-corrected chi connectivity index (χ0v) is 47.5. The number of hydrogen-bond acceptors (Lipinski definition) is 6. The number of carbonyl (C=O) groups excluding carboxylic acids is 3. The molecule has 0 spiro atoms. The Morgan fingerprint density at radius 2 is 0.535 bits per heavy atom. The molecule has 0 bridgehead atoms. The summed E-state index contributed by atoms with van der Waals surface area (Å²) in [5.74, 6) is -0.888. The monoisotopic (exact) mass is 995 g/mol. The van der Waals surface area contributed by atoms with E-state index in [2.05, 4.69) is 69.4 Å². The number of carbonyl (C=O) groups is 3. The first-order valence-electron chi connectivity index (χ1n) is 31.1. The van der Waals surface area contributed by atoms with E-state index >= 15 is 0 Å². The number of unbranched alkanes of at least 4 members (excludes halogenated alkanes) is 38. The normalized spacial score (nSPS) is 12.3. The van der Waals surface area contributed by atoms with Gasteiger partial charge in [-0.05, 0) is 96.3 Å². The van der Waals surface area contributed by atoms with E-state index in [1.54, 1.807) is 0 Å². The molecule has 0 aliphatic carbocycles. The summed E-state index contributed by atoms with van der Waals surface area (Å²) < 4.78 is 16.9. The second-order valence-electron chi connectivity index (χ2n) is 21.0. The molecule has 0 rings (SSSR count). The Hall–Kier alpha value is -2.63. The van der Waals surface area contributed by atoms with E-state index in [-0.39, 0.29) is 31.1 Å². The highest BCUT2D eigenvalue weighted by atomic mass is 16.6. The van der Waals surface area contributed by atoms with Gasteiger partial charge in [-0.1, -0.05) is 262 Å². The van der Waals surface area contributed by atoms with Crippen LogP contribution >= 0.6 is 0 Å². The summed E-state index contributed by atoms with van der Waals surface area (Å²) >= 11 is 0. The summed E-state index contributed by atoms with van der Waals surface area (Å²) in [6, 6.07) is 0. The minimum atomic E-state index is -0.782. The molecule has 0 radical (unpaired) electrons. The molecule has 0 saturated heterocycles. The summed E-state index contributed by atoms with van der Waals surface area (Å²) in [6.45, 7) is 6.58. The first-order valence-corrected chi connectivity index (χ1v) is 31.1. The predicted octanol–water partition coefficient (Wildman–Crippen LogP) is 21.0. The van der Waals surface area contributed by atoms with Gasteiger partial charge in [0.1, 0.15) is 13.2 Å². The maximum atomic E-state index is 12.8. The molecule has 0 aliphatic heterocycles. The zero-order chi connectivity index (χ0) is 51.4. The van der Waals surface area contributed by atoms with E-state index in [4.69, 9.17) is 14.2 Å². The molecule has 0 aromatic heterocycles. The summed E-state index contributed by atoms with van der Waals surface area (Å²) in [7, 11) is 0. The standard InChI is InChI=1S/C65H118O6/c1-4-7-10-13-16-19-22-25-26-27-28-29-30-31-32-33-34-35-36-37-38-41-43-46-49-52-55-58-64(67)70-61-62(71-65(68)59-56-53-50-47-44-40-24-21-18-15-12-9-6-3)60-69-63(66)57-54-51-48-45-42-39-23-20-17-14-11-8-5-2/h12,15,20-21,23-24,27-28,62H,4-11,13-14,16-19,22,25-26,29-61H2,1-3H3/b15-12-,23-20-,24-21-,28-27-. The van der Waals surface area contributed by atoms with Crippen molar-refractivity contribution in [1.29, 1.82) is 0 Å². The lowest BCUT2D eigenvalue weighted by molar-refractivity contribution is -0.167. The van der Waals surface area contributed by atoms with Gasteiger partial charge in [-0.25, -0.2) is 0 Å². The number of allylic oxidation sites excluding steroid dienone is 8. The fraction of sp³-hybridized carbons (Fsp3) is 0.831. The minimum absolute atomic E-state index is 0.0791. The van der Waals surface area contributed by atoms with Crippen molar-refractivity contribution in [3.05, 3.63) is 48.6 Å². The summed E-state index contributed by atoms with van der Waals surface area (Å²) in [5, 5.41) is 0. The summed E-state index contributed by atoms with van der Waals surface area (Å²) in [4.78, 5) is 38.2. The van der Waals surface area contributed by atoms with Crippen LogP contribution in [0.5, 0.6) is 0 Å². The van der Waals surface area contributed by atoms with Gasteiger partial charge in [0.05, 0.1) is 0 Å². The van der Waals surface area contributed by atoms with Crippen molar-refractivity contribution in [1.82, 2.24) is 0 Å². The molecular weight excluding hydrogens is 877 g/mol. The van der Waals surface area contributed by atoms with E-state index < -0.39 is 6.10 Å². The van der Waals surface area contributed by atoms with Gasteiger partial charge in [-0.2, -0.15) is 0 Å². The van der Waals surface area contributed by atoms with Gasteiger partial charge in [-0.3, -0.25) is 14.4 Å². The van der Waals surface area contributed by atoms with Gasteiger partial charge < -0.3 is 14.2 Å². The van der Waals surface area contributed by atoms with Crippen molar-refractivity contribution in [3.63, 3.8) is 0 Å². The van der Waals surface area contributed by atoms with Crippen molar-refractivity contribution in [2.24, 2.45) is 0 Å². The molecule has 414 valence electrons. The van der Waals surface area contributed by atoms with Crippen LogP contribution in [0.1, 0.15) is 329 Å². The minimum Gasteiger partial charge on any atom is -0.462 e. The second-order valence-corrected chi connectivity index (χ2v) is 21.0. The van der Waals surface area contributed by atoms with Gasteiger partial charge in [0.2, 0.25) is 0 Å². The Balaban J connectivity index is 4.18. The van der Waals surface area contributed by atoms with Crippen LogP contribution in [0.4, 0.5) is 0 Å². The molecular formula is C65H118O6. The average molecular weight is 996 g/mol. The number of hydrogen-bond donors (Lipinski definition) is 0. The lowest BCUT2D eigenvalue weighted by atomic mass is 10.0. The van der Waals surface area contributed by atoms with Crippen LogP contribution in [0.15, 0.2) is 48.6 Å². The lowest BCUT2D eigenvalue weighted by Crippen LogP contribution is -2.30. The third kappa shape index (κ3) is 58.1. The number of ether oxygens (including phenoxy) is 3. The van der Waals surface area contributed by atoms with Crippen LogP contribution < -0.4 is 0 Å². The predicted molar refractivity (Wildman–Crippen MR) is 307 cm³/mol. The molecule has 0 fully saturated rings. The highest BCUT2D eigenvalue weighted by molar-refractivity contribution is 5.71. The molecule has 0 N–H and O–H groups in total. The number of esters is 3. The lowest BCUT2D eigenvalue weighted by Gasteiger charge is -2.18. The summed E-state index contributed by atoms with van der Waals surface area (Å²) in [6.07, 6.45) is 74.1. The van der Waals surface area contributed by atoms with Gasteiger partial charge >= 0.3 is 17.9 Å². The van der Waals surface area contributed by atoms with Crippen LogP contribution in [0.2, 0.25) is 0 Å². The van der Waals surface area contributed by atoms with Crippen molar-refractivity contribution in [2.45, 2.75) is 335 Å². The third-order valence-corrected chi connectivity index (χ3v) is 13.8. The smallest absolute Gasteiger partial charge is 0.306 e. The molecule has 0 saturated carbocycles. The van der Waals surface area contributed by atoms with Crippen LogP contribution in [0.25, 0.3) is 0 Å². The quantitative estimate of drug-likeness (QED) is 0.0261. The van der Waals surface area contributed by atoms with Gasteiger partial charge in [-0.15, -0.1) is 0 Å². The van der Waals surface area contributed by atoms with E-state index in [9.17, 15) is 14.4 Å². The fourth-order valence-corrected chi connectivity index (χ4v) is 9.06. The Bertz CT molecular complexity index is 1230. The summed E-state index contributed by atoms with van der Waals surface area (Å²) in [5.41, 5.74) is 0. The fourth-order valence-electron chi connectivity index (χ4n) is 9.06. The van der Waals surface area contributed by atoms with Crippen LogP contribution in [0, 0.1) is 0 Å². The van der Waals surface area contributed by atoms with E-state index in [1.807, 2.05) is 0 Å². The molecule has 6 nitrogen and oxygen atoms in total. The maximum absolute atomic E-state index is 12.8. The molecule has 0 heterocycles. The van der Waals surface area contributed by atoms with Crippen LogP contribution in [-0.4, -0.2) is 37.2 Å². The highest BCUT2D eigenvalue weighted by Crippen LogP contribution is 2.17. The van der Waals surface area contributed by atoms with E-state index in [0.29, 0.717) is 19.3 Å². The molecule has 0 amide bonds. The third-order valence-electron chi connectivity index (χ3n) is 13.8. The van der Waals surface area contributed by atoms with Crippen molar-refractivity contribution < 1.29 is 28.6 Å². The average Bonchev–Trinajstić information content (AvgIpc) is 3.37. The molecule has 0 aliphatic rings. The molecule has 6 heteroatoms. The Labute approximate surface area is 441 Å².